The number of hydrogen-bond donors (Lipinski definition) is 2. The van der Waals surface area contributed by atoms with Gasteiger partial charge >= 0.3 is 0 Å². The number of methoxy groups -OCH3 is 1. The van der Waals surface area contributed by atoms with E-state index in [9.17, 15) is 13.2 Å². The number of sulfonamides is 1. The highest BCUT2D eigenvalue weighted by Crippen LogP contribution is 2.33. The molecule has 1 saturated heterocycles. The largest absolute Gasteiger partial charge is 0.495 e. The van der Waals surface area contributed by atoms with Crippen molar-refractivity contribution in [3.8, 4) is 5.75 Å². The summed E-state index contributed by atoms with van der Waals surface area (Å²) in [6.07, 6.45) is 0. The van der Waals surface area contributed by atoms with Gasteiger partial charge in [0.1, 0.15) is 10.6 Å². The molecule has 9 heteroatoms. The first kappa shape index (κ1) is 29.2. The molecular weight excluding hydrogens is 548 g/mol. The van der Waals surface area contributed by atoms with E-state index in [2.05, 4.69) is 19.8 Å². The Bertz CT molecular complexity index is 1650. The molecule has 5 rings (SSSR count). The molecule has 0 aromatic heterocycles. The van der Waals surface area contributed by atoms with E-state index in [1.807, 2.05) is 80.6 Å². The summed E-state index contributed by atoms with van der Waals surface area (Å²) in [7, 11) is -2.31. The lowest BCUT2D eigenvalue weighted by Crippen LogP contribution is -2.47. The molecule has 2 N–H and O–H groups in total. The Kier molecular flexibility index (Phi) is 8.80. The smallest absolute Gasteiger partial charge is 0.255 e. The van der Waals surface area contributed by atoms with Crippen LogP contribution in [0.4, 0.5) is 17.1 Å². The second-order valence-corrected chi connectivity index (χ2v) is 12.0. The van der Waals surface area contributed by atoms with Crippen LogP contribution in [0.3, 0.4) is 0 Å². The molecule has 0 aliphatic carbocycles. The highest BCUT2D eigenvalue weighted by atomic mass is 32.2. The van der Waals surface area contributed by atoms with Gasteiger partial charge in [-0.3, -0.25) is 4.79 Å². The standard InChI is InChI=1S/C33H36N4O4S/c1-24-11-7-8-14-28(24)33(38)34-27-17-18-30(32(23-27)42(39,40)35-25(2)26-12-5-4-6-13-26)37-21-19-36(20-22-37)29-15-9-10-16-31(29)41-3/h4-18,23,25,35H,19-22H2,1-3H3,(H,34,38)/t25-/m0/s1. The van der Waals surface area contributed by atoms with Gasteiger partial charge in [-0.25, -0.2) is 13.1 Å². The van der Waals surface area contributed by atoms with E-state index in [-0.39, 0.29) is 10.8 Å². The van der Waals surface area contributed by atoms with E-state index in [4.69, 9.17) is 4.74 Å². The average molecular weight is 585 g/mol. The SMILES string of the molecule is COc1ccccc1N1CCN(c2ccc(NC(=O)c3ccccc3C)cc2S(=O)(=O)N[C@@H](C)c2ccccc2)CC1. The van der Waals surface area contributed by atoms with E-state index < -0.39 is 16.1 Å². The number of aryl methyl sites for hydroxylation is 1. The summed E-state index contributed by atoms with van der Waals surface area (Å²) < 4.78 is 36.3. The predicted octanol–water partition coefficient (Wildman–Crippen LogP) is 5.62. The number of hydrogen-bond acceptors (Lipinski definition) is 6. The van der Waals surface area contributed by atoms with Crippen LogP contribution in [-0.4, -0.2) is 47.6 Å². The van der Waals surface area contributed by atoms with Crippen molar-refractivity contribution in [2.75, 3.05) is 48.4 Å². The fraction of sp³-hybridized carbons (Fsp3) is 0.242. The maximum Gasteiger partial charge on any atom is 0.255 e. The molecule has 1 atom stereocenters. The first-order valence-corrected chi connectivity index (χ1v) is 15.5. The summed E-state index contributed by atoms with van der Waals surface area (Å²) in [5.74, 6) is 0.516. The number of carbonyl (C=O) groups is 1. The summed E-state index contributed by atoms with van der Waals surface area (Å²) in [6.45, 7) is 6.31. The first-order chi connectivity index (χ1) is 20.3. The number of nitrogens with one attached hydrogen (secondary N) is 2. The molecule has 0 saturated carbocycles. The van der Waals surface area contributed by atoms with Crippen molar-refractivity contribution in [1.29, 1.82) is 0 Å². The Balaban J connectivity index is 1.44. The van der Waals surface area contributed by atoms with Crippen LogP contribution in [-0.2, 0) is 10.0 Å². The molecule has 0 unspecified atom stereocenters. The Morgan fingerprint density at radius 2 is 1.43 bits per heavy atom. The number of piperazine rings is 1. The van der Waals surface area contributed by atoms with Gasteiger partial charge in [0.15, 0.2) is 0 Å². The number of para-hydroxylation sites is 2. The fourth-order valence-electron chi connectivity index (χ4n) is 5.28. The average Bonchev–Trinajstić information content (AvgIpc) is 3.01. The molecule has 0 spiro atoms. The van der Waals surface area contributed by atoms with Crippen molar-refractivity contribution < 1.29 is 17.9 Å². The Morgan fingerprint density at radius 3 is 2.12 bits per heavy atom. The molecule has 218 valence electrons. The topological polar surface area (TPSA) is 91.0 Å². The van der Waals surface area contributed by atoms with Crippen LogP contribution in [0, 0.1) is 6.92 Å². The van der Waals surface area contributed by atoms with Gasteiger partial charge in [-0.05, 0) is 61.4 Å². The fourth-order valence-corrected chi connectivity index (χ4v) is 6.76. The molecule has 1 fully saturated rings. The molecule has 0 bridgehead atoms. The maximum absolute atomic E-state index is 13.9. The van der Waals surface area contributed by atoms with Crippen molar-refractivity contribution in [2.24, 2.45) is 0 Å². The second-order valence-electron chi connectivity index (χ2n) is 10.4. The lowest BCUT2D eigenvalue weighted by atomic mass is 10.1. The minimum atomic E-state index is -3.97. The monoisotopic (exact) mass is 584 g/mol. The van der Waals surface area contributed by atoms with E-state index in [1.165, 1.54) is 0 Å². The van der Waals surface area contributed by atoms with Gasteiger partial charge in [-0.1, -0.05) is 60.7 Å². The Morgan fingerprint density at radius 1 is 0.810 bits per heavy atom. The Labute approximate surface area is 248 Å². The van der Waals surface area contributed by atoms with Crippen LogP contribution in [0.2, 0.25) is 0 Å². The normalized spacial score (nSPS) is 14.4. The summed E-state index contributed by atoms with van der Waals surface area (Å²) in [6, 6.07) is 29.3. The summed E-state index contributed by atoms with van der Waals surface area (Å²) in [5, 5.41) is 2.90. The molecule has 1 amide bonds. The molecule has 4 aromatic rings. The van der Waals surface area contributed by atoms with E-state index >= 15 is 0 Å². The molecule has 1 aliphatic heterocycles. The number of rotatable bonds is 9. The summed E-state index contributed by atoms with van der Waals surface area (Å²) >= 11 is 0. The van der Waals surface area contributed by atoms with Crippen molar-refractivity contribution in [2.45, 2.75) is 24.8 Å². The van der Waals surface area contributed by atoms with Crippen molar-refractivity contribution in [3.05, 3.63) is 114 Å². The zero-order valence-corrected chi connectivity index (χ0v) is 24.9. The maximum atomic E-state index is 13.9. The zero-order valence-electron chi connectivity index (χ0n) is 24.1. The molecular formula is C33H36N4O4S. The number of carbonyl (C=O) groups excluding carboxylic acids is 1. The number of amides is 1. The molecule has 1 heterocycles. The molecule has 42 heavy (non-hydrogen) atoms. The third-order valence-electron chi connectivity index (χ3n) is 7.57. The second kappa shape index (κ2) is 12.7. The molecule has 0 radical (unpaired) electrons. The highest BCUT2D eigenvalue weighted by Gasteiger charge is 2.28. The number of ether oxygens (including phenoxy) is 1. The van der Waals surface area contributed by atoms with Gasteiger partial charge in [-0.15, -0.1) is 0 Å². The van der Waals surface area contributed by atoms with Crippen LogP contribution in [0.15, 0.2) is 102 Å². The third-order valence-corrected chi connectivity index (χ3v) is 9.14. The number of anilines is 3. The quantitative estimate of drug-likeness (QED) is 0.265. The van der Waals surface area contributed by atoms with Gasteiger partial charge in [-0.2, -0.15) is 0 Å². The van der Waals surface area contributed by atoms with Gasteiger partial charge in [0.2, 0.25) is 10.0 Å². The van der Waals surface area contributed by atoms with E-state index in [0.717, 1.165) is 22.6 Å². The van der Waals surface area contributed by atoms with E-state index in [0.29, 0.717) is 43.1 Å². The van der Waals surface area contributed by atoms with Crippen molar-refractivity contribution in [3.63, 3.8) is 0 Å². The minimum absolute atomic E-state index is 0.124. The summed E-state index contributed by atoms with van der Waals surface area (Å²) in [5.41, 5.74) is 4.25. The lowest BCUT2D eigenvalue weighted by Gasteiger charge is -2.38. The number of nitrogens with zero attached hydrogens (tertiary/aromatic N) is 2. The van der Waals surface area contributed by atoms with Crippen LogP contribution in [0.1, 0.15) is 34.5 Å². The van der Waals surface area contributed by atoms with Crippen molar-refractivity contribution in [1.82, 2.24) is 4.72 Å². The predicted molar refractivity (Wildman–Crippen MR) is 168 cm³/mol. The van der Waals surface area contributed by atoms with Crippen molar-refractivity contribution >= 4 is 33.0 Å². The molecule has 8 nitrogen and oxygen atoms in total. The molecule has 1 aliphatic rings. The first-order valence-electron chi connectivity index (χ1n) is 14.0. The number of benzene rings is 4. The van der Waals surface area contributed by atoms with Gasteiger partial charge < -0.3 is 19.9 Å². The van der Waals surface area contributed by atoms with Crippen LogP contribution < -0.4 is 24.6 Å². The Hall–Kier alpha value is -4.34. The van der Waals surface area contributed by atoms with Gasteiger partial charge in [0, 0.05) is 43.5 Å². The summed E-state index contributed by atoms with van der Waals surface area (Å²) in [4.78, 5) is 17.5. The van der Waals surface area contributed by atoms with Crippen LogP contribution in [0.5, 0.6) is 5.75 Å². The molecule has 4 aromatic carbocycles. The van der Waals surface area contributed by atoms with Gasteiger partial charge in [0.05, 0.1) is 18.5 Å². The highest BCUT2D eigenvalue weighted by molar-refractivity contribution is 7.89. The lowest BCUT2D eigenvalue weighted by molar-refractivity contribution is 0.102. The minimum Gasteiger partial charge on any atom is -0.495 e. The van der Waals surface area contributed by atoms with Gasteiger partial charge in [0.25, 0.3) is 5.91 Å². The zero-order chi connectivity index (χ0) is 29.7. The van der Waals surface area contributed by atoms with Crippen LogP contribution >= 0.6 is 0 Å². The van der Waals surface area contributed by atoms with Crippen LogP contribution in [0.25, 0.3) is 0 Å². The third kappa shape index (κ3) is 6.42. The van der Waals surface area contributed by atoms with E-state index in [1.54, 1.807) is 37.4 Å².